The summed E-state index contributed by atoms with van der Waals surface area (Å²) < 4.78 is 27.2. The number of Topliss-reactive ketones (excluding diaryl/α,β-unsaturated/α-hetero) is 1. The summed E-state index contributed by atoms with van der Waals surface area (Å²) in [6.07, 6.45) is 0. The van der Waals surface area contributed by atoms with Gasteiger partial charge in [0.05, 0.1) is 5.56 Å². The number of piperazine rings is 1. The van der Waals surface area contributed by atoms with Crippen molar-refractivity contribution in [3.63, 3.8) is 0 Å². The number of carbonyl (C=O) groups excluding carboxylic acids is 3. The van der Waals surface area contributed by atoms with Crippen molar-refractivity contribution >= 4 is 23.4 Å². The molecule has 1 heterocycles. The van der Waals surface area contributed by atoms with Crippen molar-refractivity contribution < 1.29 is 23.2 Å². The Balaban J connectivity index is 1.57. The van der Waals surface area contributed by atoms with E-state index in [1.54, 1.807) is 11.0 Å². The third kappa shape index (κ3) is 4.33. The number of nitrogens with zero attached hydrogens (tertiary/aromatic N) is 2. The highest BCUT2D eigenvalue weighted by molar-refractivity contribution is 5.96. The second kappa shape index (κ2) is 8.16. The first-order valence-corrected chi connectivity index (χ1v) is 8.76. The minimum Gasteiger partial charge on any atom is -0.335 e. The van der Waals surface area contributed by atoms with E-state index >= 15 is 0 Å². The van der Waals surface area contributed by atoms with Crippen molar-refractivity contribution in [2.24, 2.45) is 0 Å². The number of rotatable bonds is 3. The molecule has 8 heteroatoms. The maximum atomic E-state index is 13.9. The highest BCUT2D eigenvalue weighted by Gasteiger charge is 2.25. The van der Waals surface area contributed by atoms with Gasteiger partial charge in [-0.1, -0.05) is 6.07 Å². The predicted molar refractivity (Wildman–Crippen MR) is 99.3 cm³/mol. The zero-order valence-corrected chi connectivity index (χ0v) is 15.2. The molecule has 0 spiro atoms. The fourth-order valence-corrected chi connectivity index (χ4v) is 3.00. The first-order valence-electron chi connectivity index (χ1n) is 8.76. The third-order valence-electron chi connectivity index (χ3n) is 4.53. The molecular weight excluding hydrogens is 368 g/mol. The molecular formula is C20H19F2N3O3. The van der Waals surface area contributed by atoms with Crippen LogP contribution in [0.25, 0.3) is 0 Å². The molecule has 1 fully saturated rings. The molecule has 0 aromatic heterocycles. The van der Waals surface area contributed by atoms with Crippen LogP contribution in [-0.4, -0.2) is 53.7 Å². The summed E-state index contributed by atoms with van der Waals surface area (Å²) in [5, 5.41) is 2.58. The summed E-state index contributed by atoms with van der Waals surface area (Å²) in [6, 6.07) is 8.92. The maximum absolute atomic E-state index is 13.9. The van der Waals surface area contributed by atoms with Gasteiger partial charge in [0.25, 0.3) is 5.91 Å². The van der Waals surface area contributed by atoms with E-state index in [9.17, 15) is 23.2 Å². The summed E-state index contributed by atoms with van der Waals surface area (Å²) in [5.41, 5.74) is 0.465. The minimum absolute atomic E-state index is 0.0394. The monoisotopic (exact) mass is 387 g/mol. The van der Waals surface area contributed by atoms with Gasteiger partial charge >= 0.3 is 6.03 Å². The quantitative estimate of drug-likeness (QED) is 0.823. The Labute approximate surface area is 160 Å². The third-order valence-corrected chi connectivity index (χ3v) is 4.53. The molecule has 1 aliphatic rings. The van der Waals surface area contributed by atoms with Crippen molar-refractivity contribution in [2.45, 2.75) is 6.92 Å². The van der Waals surface area contributed by atoms with Crippen molar-refractivity contribution in [1.82, 2.24) is 9.80 Å². The average Bonchev–Trinajstić information content (AvgIpc) is 2.67. The molecule has 3 amide bonds. The topological polar surface area (TPSA) is 69.7 Å². The number of benzene rings is 2. The zero-order valence-electron chi connectivity index (χ0n) is 15.2. The summed E-state index contributed by atoms with van der Waals surface area (Å²) in [6.45, 7) is 2.46. The number of urea groups is 1. The van der Waals surface area contributed by atoms with Crippen molar-refractivity contribution in [3.8, 4) is 0 Å². The maximum Gasteiger partial charge on any atom is 0.321 e. The summed E-state index contributed by atoms with van der Waals surface area (Å²) in [5.74, 6) is -1.86. The van der Waals surface area contributed by atoms with Crippen molar-refractivity contribution in [1.29, 1.82) is 0 Å². The van der Waals surface area contributed by atoms with Crippen LogP contribution in [0.4, 0.5) is 19.3 Å². The van der Waals surface area contributed by atoms with E-state index in [2.05, 4.69) is 5.32 Å². The van der Waals surface area contributed by atoms with Gasteiger partial charge in [0, 0.05) is 37.4 Å². The van der Waals surface area contributed by atoms with Gasteiger partial charge in [0.2, 0.25) is 0 Å². The molecule has 28 heavy (non-hydrogen) atoms. The van der Waals surface area contributed by atoms with Gasteiger partial charge < -0.3 is 15.1 Å². The van der Waals surface area contributed by atoms with Crippen LogP contribution in [-0.2, 0) is 0 Å². The van der Waals surface area contributed by atoms with Gasteiger partial charge in [-0.25, -0.2) is 13.6 Å². The van der Waals surface area contributed by atoms with E-state index in [-0.39, 0.29) is 22.7 Å². The molecule has 2 aromatic carbocycles. The van der Waals surface area contributed by atoms with Gasteiger partial charge in [0.1, 0.15) is 11.6 Å². The van der Waals surface area contributed by atoms with E-state index in [1.807, 2.05) is 0 Å². The molecule has 1 N–H and O–H groups in total. The van der Waals surface area contributed by atoms with E-state index < -0.39 is 23.4 Å². The average molecular weight is 387 g/mol. The molecule has 0 unspecified atom stereocenters. The van der Waals surface area contributed by atoms with Crippen LogP contribution in [0.3, 0.4) is 0 Å². The number of anilines is 1. The number of hydrogen-bond donors (Lipinski definition) is 1. The molecule has 2 aromatic rings. The van der Waals surface area contributed by atoms with Crippen LogP contribution in [0.2, 0.25) is 0 Å². The number of hydrogen-bond acceptors (Lipinski definition) is 3. The van der Waals surface area contributed by atoms with E-state index in [4.69, 9.17) is 0 Å². The zero-order chi connectivity index (χ0) is 20.3. The first kappa shape index (κ1) is 19.5. The lowest BCUT2D eigenvalue weighted by Gasteiger charge is -2.34. The molecule has 1 aliphatic heterocycles. The summed E-state index contributed by atoms with van der Waals surface area (Å²) in [4.78, 5) is 39.1. The summed E-state index contributed by atoms with van der Waals surface area (Å²) in [7, 11) is 0. The fraction of sp³-hybridized carbons (Fsp3) is 0.250. The SMILES string of the molecule is CC(=O)c1ccc(NC(=O)N2CCN(C(=O)c3cccc(F)c3)CC2)cc1F. The molecule has 0 saturated carbocycles. The normalized spacial score (nSPS) is 14.0. The lowest BCUT2D eigenvalue weighted by atomic mass is 10.1. The van der Waals surface area contributed by atoms with Crippen LogP contribution < -0.4 is 5.32 Å². The number of halogens is 2. The second-order valence-electron chi connectivity index (χ2n) is 6.47. The van der Waals surface area contributed by atoms with Crippen LogP contribution >= 0.6 is 0 Å². The van der Waals surface area contributed by atoms with Gasteiger partial charge in [-0.15, -0.1) is 0 Å². The molecule has 1 saturated heterocycles. The standard InChI is InChI=1S/C20H19F2N3O3/c1-13(26)17-6-5-16(12-18(17)22)23-20(28)25-9-7-24(8-10-25)19(27)14-3-2-4-15(21)11-14/h2-6,11-12H,7-10H2,1H3,(H,23,28). The Bertz CT molecular complexity index is 925. The number of carbonyl (C=O) groups is 3. The Morgan fingerprint density at radius 2 is 1.61 bits per heavy atom. The lowest BCUT2D eigenvalue weighted by molar-refractivity contribution is 0.0671. The lowest BCUT2D eigenvalue weighted by Crippen LogP contribution is -2.51. The van der Waals surface area contributed by atoms with Crippen LogP contribution in [0.15, 0.2) is 42.5 Å². The largest absolute Gasteiger partial charge is 0.335 e. The van der Waals surface area contributed by atoms with Crippen LogP contribution in [0, 0.1) is 11.6 Å². The molecule has 0 atom stereocenters. The van der Waals surface area contributed by atoms with E-state index in [1.165, 1.54) is 42.2 Å². The van der Waals surface area contributed by atoms with E-state index in [0.717, 1.165) is 6.07 Å². The van der Waals surface area contributed by atoms with Crippen molar-refractivity contribution in [3.05, 3.63) is 65.2 Å². The summed E-state index contributed by atoms with van der Waals surface area (Å²) >= 11 is 0. The van der Waals surface area contributed by atoms with E-state index in [0.29, 0.717) is 26.2 Å². The highest BCUT2D eigenvalue weighted by atomic mass is 19.1. The first-order chi connectivity index (χ1) is 13.3. The van der Waals surface area contributed by atoms with Crippen LogP contribution in [0.1, 0.15) is 27.6 Å². The Morgan fingerprint density at radius 1 is 0.929 bits per heavy atom. The molecule has 3 rings (SSSR count). The van der Waals surface area contributed by atoms with Gasteiger partial charge in [-0.05, 0) is 43.3 Å². The Morgan fingerprint density at radius 3 is 2.21 bits per heavy atom. The molecule has 0 radical (unpaired) electrons. The molecule has 6 nitrogen and oxygen atoms in total. The number of amides is 3. The number of nitrogens with one attached hydrogen (secondary N) is 1. The Kier molecular flexibility index (Phi) is 5.67. The second-order valence-corrected chi connectivity index (χ2v) is 6.47. The molecule has 146 valence electrons. The minimum atomic E-state index is -0.698. The van der Waals surface area contributed by atoms with Gasteiger partial charge in [-0.2, -0.15) is 0 Å². The Hall–Kier alpha value is -3.29. The van der Waals surface area contributed by atoms with Crippen LogP contribution in [0.5, 0.6) is 0 Å². The van der Waals surface area contributed by atoms with Gasteiger partial charge in [-0.3, -0.25) is 9.59 Å². The highest BCUT2D eigenvalue weighted by Crippen LogP contribution is 2.16. The fourth-order valence-electron chi connectivity index (χ4n) is 3.00. The molecule has 0 aliphatic carbocycles. The number of ketones is 1. The molecule has 0 bridgehead atoms. The smallest absolute Gasteiger partial charge is 0.321 e. The predicted octanol–water partition coefficient (Wildman–Crippen LogP) is 3.16. The van der Waals surface area contributed by atoms with Crippen molar-refractivity contribution in [2.75, 3.05) is 31.5 Å². The van der Waals surface area contributed by atoms with Gasteiger partial charge in [0.15, 0.2) is 5.78 Å².